The minimum atomic E-state index is 0.254. The molecule has 3 atom stereocenters. The summed E-state index contributed by atoms with van der Waals surface area (Å²) in [4.78, 5) is 4.60. The number of aromatic nitrogens is 2. The Hall–Kier alpha value is -0.940. The smallest absolute Gasteiger partial charge is 0.232 e. The van der Waals surface area contributed by atoms with Crippen molar-refractivity contribution in [3.63, 3.8) is 0 Å². The summed E-state index contributed by atoms with van der Waals surface area (Å²) >= 11 is 0. The Morgan fingerprint density at radius 2 is 2.32 bits per heavy atom. The summed E-state index contributed by atoms with van der Waals surface area (Å²) in [7, 11) is 0. The molecule has 106 valence electrons. The van der Waals surface area contributed by atoms with E-state index in [4.69, 9.17) is 9.26 Å². The molecule has 0 spiro atoms. The lowest BCUT2D eigenvalue weighted by molar-refractivity contribution is 0.0953. The average molecular weight is 265 g/mol. The van der Waals surface area contributed by atoms with Crippen molar-refractivity contribution in [1.29, 1.82) is 0 Å². The summed E-state index contributed by atoms with van der Waals surface area (Å²) < 4.78 is 11.2. The summed E-state index contributed by atoms with van der Waals surface area (Å²) in [6.45, 7) is 5.18. The molecular formula is C14H23N3O2. The summed E-state index contributed by atoms with van der Waals surface area (Å²) in [5, 5.41) is 7.58. The summed E-state index contributed by atoms with van der Waals surface area (Å²) in [5.41, 5.74) is 0. The van der Waals surface area contributed by atoms with Crippen LogP contribution in [0.3, 0.4) is 0 Å². The predicted molar refractivity (Wildman–Crippen MR) is 71.0 cm³/mol. The Morgan fingerprint density at radius 3 is 3.11 bits per heavy atom. The first kappa shape index (κ1) is 13.1. The molecule has 2 saturated heterocycles. The van der Waals surface area contributed by atoms with E-state index in [2.05, 4.69) is 22.4 Å². The van der Waals surface area contributed by atoms with Gasteiger partial charge in [0.25, 0.3) is 0 Å². The lowest BCUT2D eigenvalue weighted by atomic mass is 9.96. The van der Waals surface area contributed by atoms with Gasteiger partial charge in [-0.2, -0.15) is 4.98 Å². The van der Waals surface area contributed by atoms with Crippen LogP contribution >= 0.6 is 0 Å². The van der Waals surface area contributed by atoms with Gasteiger partial charge >= 0.3 is 0 Å². The predicted octanol–water partition coefficient (Wildman–Crippen LogP) is 1.89. The molecule has 19 heavy (non-hydrogen) atoms. The number of nitrogens with one attached hydrogen (secondary N) is 1. The van der Waals surface area contributed by atoms with E-state index >= 15 is 0 Å². The van der Waals surface area contributed by atoms with E-state index in [1.165, 1.54) is 12.8 Å². The highest BCUT2D eigenvalue weighted by Crippen LogP contribution is 2.32. The normalized spacial score (nSPS) is 31.7. The molecule has 0 bridgehead atoms. The monoisotopic (exact) mass is 265 g/mol. The van der Waals surface area contributed by atoms with Crippen LogP contribution < -0.4 is 5.32 Å². The van der Waals surface area contributed by atoms with E-state index in [1.54, 1.807) is 0 Å². The second kappa shape index (κ2) is 6.01. The molecule has 1 N–H and O–H groups in total. The minimum absolute atomic E-state index is 0.254. The van der Waals surface area contributed by atoms with Crippen LogP contribution in [-0.2, 0) is 11.2 Å². The van der Waals surface area contributed by atoms with Crippen LogP contribution in [0.5, 0.6) is 0 Å². The average Bonchev–Trinajstić information content (AvgIpc) is 3.07. The first-order valence-electron chi connectivity index (χ1n) is 7.51. The number of hydrogen-bond acceptors (Lipinski definition) is 5. The molecule has 2 aliphatic heterocycles. The Labute approximate surface area is 114 Å². The van der Waals surface area contributed by atoms with Gasteiger partial charge in [0.2, 0.25) is 5.89 Å². The highest BCUT2D eigenvalue weighted by Gasteiger charge is 2.32. The lowest BCUT2D eigenvalue weighted by Gasteiger charge is -2.21. The van der Waals surface area contributed by atoms with Crippen molar-refractivity contribution in [2.45, 2.75) is 51.0 Å². The maximum atomic E-state index is 5.69. The van der Waals surface area contributed by atoms with E-state index in [0.29, 0.717) is 11.8 Å². The topological polar surface area (TPSA) is 60.2 Å². The van der Waals surface area contributed by atoms with Crippen LogP contribution in [0.25, 0.3) is 0 Å². The number of hydrogen-bond donors (Lipinski definition) is 1. The van der Waals surface area contributed by atoms with Crippen LogP contribution in [0.1, 0.15) is 50.2 Å². The van der Waals surface area contributed by atoms with Crippen LogP contribution in [-0.4, -0.2) is 35.9 Å². The van der Waals surface area contributed by atoms with Gasteiger partial charge in [0.15, 0.2) is 5.82 Å². The fourth-order valence-corrected chi connectivity index (χ4v) is 3.19. The van der Waals surface area contributed by atoms with E-state index < -0.39 is 0 Å². The number of piperidine rings is 1. The first-order chi connectivity index (χ1) is 9.36. The van der Waals surface area contributed by atoms with Gasteiger partial charge in [-0.1, -0.05) is 12.1 Å². The molecule has 0 aliphatic carbocycles. The number of nitrogens with zero attached hydrogens (tertiary/aromatic N) is 2. The van der Waals surface area contributed by atoms with Crippen molar-refractivity contribution in [2.75, 3.05) is 19.7 Å². The van der Waals surface area contributed by atoms with E-state index in [9.17, 15) is 0 Å². The van der Waals surface area contributed by atoms with Gasteiger partial charge in [-0.15, -0.1) is 0 Å². The molecule has 1 aromatic heterocycles. The molecule has 2 fully saturated rings. The lowest BCUT2D eigenvalue weighted by Crippen LogP contribution is -2.31. The highest BCUT2D eigenvalue weighted by molar-refractivity contribution is 5.00. The fraction of sp³-hybridized carbons (Fsp3) is 0.857. The zero-order valence-electron chi connectivity index (χ0n) is 11.6. The van der Waals surface area contributed by atoms with Crippen LogP contribution in [0, 0.1) is 5.92 Å². The van der Waals surface area contributed by atoms with Crippen LogP contribution in [0.2, 0.25) is 0 Å². The zero-order chi connectivity index (χ0) is 13.1. The highest BCUT2D eigenvalue weighted by atomic mass is 16.5. The van der Waals surface area contributed by atoms with Crippen molar-refractivity contribution in [3.8, 4) is 0 Å². The molecule has 5 heteroatoms. The second-order valence-electron chi connectivity index (χ2n) is 5.68. The Morgan fingerprint density at radius 1 is 1.37 bits per heavy atom. The quantitative estimate of drug-likeness (QED) is 0.901. The van der Waals surface area contributed by atoms with E-state index in [0.717, 1.165) is 50.7 Å². The third-order valence-corrected chi connectivity index (χ3v) is 4.28. The van der Waals surface area contributed by atoms with Crippen molar-refractivity contribution in [2.24, 2.45) is 5.92 Å². The van der Waals surface area contributed by atoms with Crippen molar-refractivity contribution in [1.82, 2.24) is 15.5 Å². The van der Waals surface area contributed by atoms with Crippen LogP contribution in [0.4, 0.5) is 0 Å². The summed E-state index contributed by atoms with van der Waals surface area (Å²) in [6, 6.07) is 0. The Bertz CT molecular complexity index is 401. The molecule has 0 amide bonds. The Kier molecular flexibility index (Phi) is 4.13. The summed E-state index contributed by atoms with van der Waals surface area (Å²) in [6.07, 6.45) is 5.72. The van der Waals surface area contributed by atoms with Gasteiger partial charge in [-0.3, -0.25) is 0 Å². The molecule has 3 heterocycles. The van der Waals surface area contributed by atoms with Crippen molar-refractivity contribution in [3.05, 3.63) is 11.7 Å². The van der Waals surface area contributed by atoms with E-state index in [1.807, 2.05) is 0 Å². The van der Waals surface area contributed by atoms with Gasteiger partial charge in [0.1, 0.15) is 0 Å². The Balaban J connectivity index is 1.62. The maximum Gasteiger partial charge on any atom is 0.232 e. The number of ether oxygens (including phenoxy) is 1. The molecule has 3 unspecified atom stereocenters. The van der Waals surface area contributed by atoms with Crippen LogP contribution in [0.15, 0.2) is 4.52 Å². The van der Waals surface area contributed by atoms with Gasteiger partial charge in [0, 0.05) is 13.0 Å². The van der Waals surface area contributed by atoms with Crippen molar-refractivity contribution >= 4 is 0 Å². The second-order valence-corrected chi connectivity index (χ2v) is 5.68. The van der Waals surface area contributed by atoms with Gasteiger partial charge in [0.05, 0.1) is 12.0 Å². The minimum Gasteiger partial charge on any atom is -0.377 e. The largest absolute Gasteiger partial charge is 0.377 e. The molecule has 5 nitrogen and oxygen atoms in total. The van der Waals surface area contributed by atoms with Gasteiger partial charge in [-0.05, 0) is 44.7 Å². The first-order valence-corrected chi connectivity index (χ1v) is 7.51. The molecule has 0 saturated carbocycles. The van der Waals surface area contributed by atoms with Gasteiger partial charge in [-0.25, -0.2) is 0 Å². The zero-order valence-corrected chi connectivity index (χ0v) is 11.6. The standard InChI is InChI=1S/C14H23N3O2/c1-2-12-11(5-7-18-12)14-16-13(17-19-14)8-10-4-3-6-15-9-10/h10-12,15H,2-9H2,1H3. The van der Waals surface area contributed by atoms with Crippen molar-refractivity contribution < 1.29 is 9.26 Å². The molecule has 2 aliphatic rings. The maximum absolute atomic E-state index is 5.69. The number of rotatable bonds is 4. The van der Waals surface area contributed by atoms with E-state index in [-0.39, 0.29) is 6.10 Å². The molecular weight excluding hydrogens is 242 g/mol. The molecule has 0 aromatic carbocycles. The molecule has 0 radical (unpaired) electrons. The fourth-order valence-electron chi connectivity index (χ4n) is 3.19. The third-order valence-electron chi connectivity index (χ3n) is 4.28. The SMILES string of the molecule is CCC1OCCC1c1nc(CC2CCCNC2)no1. The van der Waals surface area contributed by atoms with Gasteiger partial charge < -0.3 is 14.6 Å². The molecule has 3 rings (SSSR count). The third kappa shape index (κ3) is 2.98. The molecule has 1 aromatic rings. The summed E-state index contributed by atoms with van der Waals surface area (Å²) in [5.74, 6) is 2.60.